The lowest BCUT2D eigenvalue weighted by Crippen LogP contribution is -2.44. The van der Waals surface area contributed by atoms with Crippen molar-refractivity contribution in [1.82, 2.24) is 10.3 Å². The van der Waals surface area contributed by atoms with Crippen LogP contribution >= 0.6 is 11.3 Å². The minimum atomic E-state index is -0.923. The monoisotopic (exact) mass is 318 g/mol. The number of carbonyl (C=O) groups is 1. The van der Waals surface area contributed by atoms with Gasteiger partial charge in [0.1, 0.15) is 0 Å². The summed E-state index contributed by atoms with van der Waals surface area (Å²) < 4.78 is 0. The minimum absolute atomic E-state index is 0.0630. The smallest absolute Gasteiger partial charge is 0.253 e. The standard InChI is InChI=1S/C17H22N2O2S/c1-11(2)17(4,21)10-18-16(20)14-5-6-15(19-12(14)3)13-7-8-22-9-13/h5-9,11,21H,10H2,1-4H3,(H,18,20). The van der Waals surface area contributed by atoms with Crippen molar-refractivity contribution < 1.29 is 9.90 Å². The fourth-order valence-electron chi connectivity index (χ4n) is 1.93. The van der Waals surface area contributed by atoms with Gasteiger partial charge in [0, 0.05) is 17.5 Å². The Labute approximate surface area is 135 Å². The van der Waals surface area contributed by atoms with E-state index in [9.17, 15) is 9.90 Å². The maximum Gasteiger partial charge on any atom is 0.253 e. The average molecular weight is 318 g/mol. The number of hydrogen-bond donors (Lipinski definition) is 2. The Morgan fingerprint density at radius 1 is 1.41 bits per heavy atom. The number of aryl methyl sites for hydroxylation is 1. The summed E-state index contributed by atoms with van der Waals surface area (Å²) in [7, 11) is 0. The van der Waals surface area contributed by atoms with Gasteiger partial charge < -0.3 is 10.4 Å². The van der Waals surface area contributed by atoms with Crippen LogP contribution in [-0.4, -0.2) is 28.1 Å². The zero-order valence-electron chi connectivity index (χ0n) is 13.4. The molecule has 0 bridgehead atoms. The number of nitrogens with one attached hydrogen (secondary N) is 1. The quantitative estimate of drug-likeness (QED) is 0.889. The Morgan fingerprint density at radius 2 is 2.14 bits per heavy atom. The van der Waals surface area contributed by atoms with E-state index in [4.69, 9.17) is 0 Å². The van der Waals surface area contributed by atoms with E-state index in [0.717, 1.165) is 11.3 Å². The van der Waals surface area contributed by atoms with Gasteiger partial charge in [0.05, 0.1) is 22.6 Å². The summed E-state index contributed by atoms with van der Waals surface area (Å²) >= 11 is 1.62. The summed E-state index contributed by atoms with van der Waals surface area (Å²) in [6.07, 6.45) is 0. The van der Waals surface area contributed by atoms with E-state index < -0.39 is 5.60 Å². The van der Waals surface area contributed by atoms with Crippen LogP contribution in [-0.2, 0) is 0 Å². The van der Waals surface area contributed by atoms with Gasteiger partial charge in [0.15, 0.2) is 0 Å². The molecule has 5 heteroatoms. The van der Waals surface area contributed by atoms with Gasteiger partial charge in [-0.05, 0) is 43.3 Å². The number of hydrogen-bond acceptors (Lipinski definition) is 4. The number of pyridine rings is 1. The Kier molecular flexibility index (Phi) is 4.98. The van der Waals surface area contributed by atoms with Crippen LogP contribution in [0.1, 0.15) is 36.8 Å². The number of carbonyl (C=O) groups excluding carboxylic acids is 1. The van der Waals surface area contributed by atoms with Crippen LogP contribution in [0.15, 0.2) is 29.0 Å². The molecule has 0 aliphatic carbocycles. The number of amides is 1. The van der Waals surface area contributed by atoms with Crippen LogP contribution in [0.25, 0.3) is 11.3 Å². The molecule has 22 heavy (non-hydrogen) atoms. The molecular weight excluding hydrogens is 296 g/mol. The molecule has 1 amide bonds. The lowest BCUT2D eigenvalue weighted by Gasteiger charge is -2.27. The van der Waals surface area contributed by atoms with Gasteiger partial charge in [-0.2, -0.15) is 11.3 Å². The third-order valence-electron chi connectivity index (χ3n) is 4.00. The topological polar surface area (TPSA) is 62.2 Å². The highest BCUT2D eigenvalue weighted by molar-refractivity contribution is 7.08. The molecule has 0 saturated carbocycles. The van der Waals surface area contributed by atoms with Gasteiger partial charge in [-0.15, -0.1) is 0 Å². The first-order chi connectivity index (χ1) is 10.3. The first-order valence-electron chi connectivity index (χ1n) is 7.32. The lowest BCUT2D eigenvalue weighted by atomic mass is 9.92. The lowest BCUT2D eigenvalue weighted by molar-refractivity contribution is 0.0142. The van der Waals surface area contributed by atoms with E-state index in [1.807, 2.05) is 43.7 Å². The zero-order valence-corrected chi connectivity index (χ0v) is 14.2. The van der Waals surface area contributed by atoms with Gasteiger partial charge in [-0.3, -0.25) is 9.78 Å². The molecule has 0 aromatic carbocycles. The van der Waals surface area contributed by atoms with Crippen molar-refractivity contribution in [3.05, 3.63) is 40.2 Å². The zero-order chi connectivity index (χ0) is 16.3. The summed E-state index contributed by atoms with van der Waals surface area (Å²) in [5, 5.41) is 17.0. The highest BCUT2D eigenvalue weighted by atomic mass is 32.1. The van der Waals surface area contributed by atoms with Crippen LogP contribution in [0.4, 0.5) is 0 Å². The molecule has 0 aliphatic heterocycles. The highest BCUT2D eigenvalue weighted by Gasteiger charge is 2.25. The predicted octanol–water partition coefficient (Wildman–Crippen LogP) is 3.26. The molecule has 1 atom stereocenters. The molecule has 0 fully saturated rings. The SMILES string of the molecule is Cc1nc(-c2ccsc2)ccc1C(=O)NCC(C)(O)C(C)C. The number of rotatable bonds is 5. The van der Waals surface area contributed by atoms with Crippen molar-refractivity contribution >= 4 is 17.2 Å². The molecule has 0 radical (unpaired) electrons. The molecule has 0 spiro atoms. The van der Waals surface area contributed by atoms with Crippen LogP contribution in [0.2, 0.25) is 0 Å². The van der Waals surface area contributed by atoms with Crippen molar-refractivity contribution in [2.75, 3.05) is 6.54 Å². The Morgan fingerprint density at radius 3 is 2.68 bits per heavy atom. The van der Waals surface area contributed by atoms with Crippen LogP contribution in [0.3, 0.4) is 0 Å². The summed E-state index contributed by atoms with van der Waals surface area (Å²) in [6.45, 7) is 7.62. The van der Waals surface area contributed by atoms with E-state index in [1.165, 1.54) is 0 Å². The van der Waals surface area contributed by atoms with E-state index in [1.54, 1.807) is 24.3 Å². The van der Waals surface area contributed by atoms with Crippen molar-refractivity contribution in [2.45, 2.75) is 33.3 Å². The molecule has 0 aliphatic rings. The summed E-state index contributed by atoms with van der Waals surface area (Å²) in [5.41, 5.74) is 2.23. The first kappa shape index (κ1) is 16.6. The third-order valence-corrected chi connectivity index (χ3v) is 4.68. The Balaban J connectivity index is 2.11. The number of aliphatic hydroxyl groups is 1. The number of thiophene rings is 1. The fourth-order valence-corrected chi connectivity index (χ4v) is 2.58. The van der Waals surface area contributed by atoms with E-state index >= 15 is 0 Å². The van der Waals surface area contributed by atoms with Crippen LogP contribution in [0.5, 0.6) is 0 Å². The largest absolute Gasteiger partial charge is 0.388 e. The van der Waals surface area contributed by atoms with E-state index in [2.05, 4.69) is 10.3 Å². The molecule has 0 saturated heterocycles. The highest BCUT2D eigenvalue weighted by Crippen LogP contribution is 2.21. The molecule has 2 N–H and O–H groups in total. The second kappa shape index (κ2) is 6.58. The summed E-state index contributed by atoms with van der Waals surface area (Å²) in [6, 6.07) is 5.64. The molecule has 2 heterocycles. The van der Waals surface area contributed by atoms with Gasteiger partial charge in [0.25, 0.3) is 5.91 Å². The molecule has 118 valence electrons. The van der Waals surface area contributed by atoms with Crippen LogP contribution in [0, 0.1) is 12.8 Å². The van der Waals surface area contributed by atoms with Crippen molar-refractivity contribution in [3.8, 4) is 11.3 Å². The van der Waals surface area contributed by atoms with E-state index in [0.29, 0.717) is 11.3 Å². The first-order valence-corrected chi connectivity index (χ1v) is 8.26. The van der Waals surface area contributed by atoms with Gasteiger partial charge in [0.2, 0.25) is 0 Å². The second-order valence-corrected chi connectivity index (χ2v) is 6.82. The normalized spacial score (nSPS) is 13.9. The van der Waals surface area contributed by atoms with Gasteiger partial charge in [-0.1, -0.05) is 13.8 Å². The molecule has 2 aromatic heterocycles. The number of nitrogens with zero attached hydrogens (tertiary/aromatic N) is 1. The second-order valence-electron chi connectivity index (χ2n) is 6.04. The number of aromatic nitrogens is 1. The minimum Gasteiger partial charge on any atom is -0.388 e. The molecule has 2 aromatic rings. The molecular formula is C17H22N2O2S. The van der Waals surface area contributed by atoms with Crippen molar-refractivity contribution in [1.29, 1.82) is 0 Å². The predicted molar refractivity (Wildman–Crippen MR) is 90.1 cm³/mol. The van der Waals surface area contributed by atoms with Gasteiger partial charge >= 0.3 is 0 Å². The Bertz CT molecular complexity index is 649. The van der Waals surface area contributed by atoms with Gasteiger partial charge in [-0.25, -0.2) is 0 Å². The van der Waals surface area contributed by atoms with Crippen molar-refractivity contribution in [3.63, 3.8) is 0 Å². The molecule has 4 nitrogen and oxygen atoms in total. The Hall–Kier alpha value is -1.72. The third kappa shape index (κ3) is 3.72. The molecule has 1 unspecified atom stereocenters. The van der Waals surface area contributed by atoms with E-state index in [-0.39, 0.29) is 18.4 Å². The maximum absolute atomic E-state index is 12.3. The van der Waals surface area contributed by atoms with Crippen molar-refractivity contribution in [2.24, 2.45) is 5.92 Å². The maximum atomic E-state index is 12.3. The summed E-state index contributed by atoms with van der Waals surface area (Å²) in [4.78, 5) is 16.8. The van der Waals surface area contributed by atoms with Crippen LogP contribution < -0.4 is 5.32 Å². The summed E-state index contributed by atoms with van der Waals surface area (Å²) in [5.74, 6) is -0.143. The molecule has 2 rings (SSSR count). The average Bonchev–Trinajstić information content (AvgIpc) is 2.98. The fraction of sp³-hybridized carbons (Fsp3) is 0.412.